The van der Waals surface area contributed by atoms with Crippen molar-refractivity contribution >= 4 is 11.8 Å². The Morgan fingerprint density at radius 1 is 1.45 bits per heavy atom. The third-order valence-electron chi connectivity index (χ3n) is 3.76. The Bertz CT molecular complexity index is 522. The van der Waals surface area contributed by atoms with E-state index in [9.17, 15) is 9.59 Å². The number of amides is 2. The number of hydrogen-bond donors (Lipinski definition) is 1. The van der Waals surface area contributed by atoms with E-state index in [0.29, 0.717) is 6.54 Å². The summed E-state index contributed by atoms with van der Waals surface area (Å²) in [5.41, 5.74) is 2.16. The Morgan fingerprint density at radius 3 is 2.70 bits per heavy atom. The van der Waals surface area contributed by atoms with Crippen LogP contribution in [-0.2, 0) is 9.59 Å². The van der Waals surface area contributed by atoms with Gasteiger partial charge in [-0.1, -0.05) is 35.9 Å². The number of hydrogen-bond acceptors (Lipinski definition) is 2. The Morgan fingerprint density at radius 2 is 2.10 bits per heavy atom. The lowest BCUT2D eigenvalue weighted by atomic mass is 9.92. The molecule has 1 aromatic carbocycles. The Labute approximate surface area is 119 Å². The van der Waals surface area contributed by atoms with Gasteiger partial charge >= 0.3 is 0 Å². The molecular weight excluding hydrogens is 252 g/mol. The fourth-order valence-corrected chi connectivity index (χ4v) is 2.63. The van der Waals surface area contributed by atoms with Gasteiger partial charge in [0.2, 0.25) is 11.8 Å². The summed E-state index contributed by atoms with van der Waals surface area (Å²) in [5, 5.41) is 2.79. The molecule has 0 saturated carbocycles. The zero-order valence-electron chi connectivity index (χ0n) is 11.9. The van der Waals surface area contributed by atoms with Crippen LogP contribution in [0.25, 0.3) is 0 Å². The van der Waals surface area contributed by atoms with Crippen molar-refractivity contribution in [3.63, 3.8) is 0 Å². The van der Waals surface area contributed by atoms with Gasteiger partial charge in [-0.2, -0.15) is 0 Å². The summed E-state index contributed by atoms with van der Waals surface area (Å²) in [6.45, 7) is 6.02. The molecule has 2 amide bonds. The molecule has 2 unspecified atom stereocenters. The second-order valence-electron chi connectivity index (χ2n) is 5.20. The second-order valence-corrected chi connectivity index (χ2v) is 5.20. The molecule has 1 saturated heterocycles. The summed E-state index contributed by atoms with van der Waals surface area (Å²) in [7, 11) is 1.76. The molecule has 1 aromatic rings. The average Bonchev–Trinajstić information content (AvgIpc) is 2.73. The largest absolute Gasteiger partial charge is 0.352 e. The highest BCUT2D eigenvalue weighted by Crippen LogP contribution is 2.37. The highest BCUT2D eigenvalue weighted by atomic mass is 16.2. The maximum absolute atomic E-state index is 12.2. The van der Waals surface area contributed by atoms with Crippen molar-refractivity contribution in [3.8, 4) is 0 Å². The minimum Gasteiger partial charge on any atom is -0.352 e. The first-order valence-electron chi connectivity index (χ1n) is 6.75. The molecule has 0 aromatic heterocycles. The van der Waals surface area contributed by atoms with Gasteiger partial charge in [-0.15, -0.1) is 6.58 Å². The molecule has 2 rings (SSSR count). The monoisotopic (exact) mass is 272 g/mol. The van der Waals surface area contributed by atoms with Crippen molar-refractivity contribution in [1.82, 2.24) is 10.2 Å². The Hall–Kier alpha value is -2.10. The van der Waals surface area contributed by atoms with Crippen molar-refractivity contribution < 1.29 is 9.59 Å². The van der Waals surface area contributed by atoms with E-state index in [1.54, 1.807) is 18.0 Å². The normalized spacial score (nSPS) is 21.9. The van der Waals surface area contributed by atoms with Crippen molar-refractivity contribution in [3.05, 3.63) is 48.0 Å². The molecule has 1 N–H and O–H groups in total. The van der Waals surface area contributed by atoms with Crippen LogP contribution in [0.2, 0.25) is 0 Å². The van der Waals surface area contributed by atoms with E-state index in [4.69, 9.17) is 0 Å². The lowest BCUT2D eigenvalue weighted by molar-refractivity contribution is -0.128. The highest BCUT2D eigenvalue weighted by Gasteiger charge is 2.42. The van der Waals surface area contributed by atoms with Gasteiger partial charge in [0.1, 0.15) is 0 Å². The molecule has 4 nitrogen and oxygen atoms in total. The summed E-state index contributed by atoms with van der Waals surface area (Å²) >= 11 is 0. The van der Waals surface area contributed by atoms with Crippen LogP contribution in [0.1, 0.15) is 23.6 Å². The van der Waals surface area contributed by atoms with Gasteiger partial charge in [0.15, 0.2) is 0 Å². The average molecular weight is 272 g/mol. The van der Waals surface area contributed by atoms with Gasteiger partial charge in [-0.25, -0.2) is 0 Å². The molecule has 2 atom stereocenters. The third-order valence-corrected chi connectivity index (χ3v) is 3.76. The van der Waals surface area contributed by atoms with Gasteiger partial charge in [0.05, 0.1) is 12.0 Å². The number of aryl methyl sites for hydroxylation is 1. The number of rotatable bonds is 4. The number of carbonyl (C=O) groups is 2. The van der Waals surface area contributed by atoms with Crippen molar-refractivity contribution in [2.75, 3.05) is 13.6 Å². The van der Waals surface area contributed by atoms with Gasteiger partial charge in [-0.05, 0) is 12.5 Å². The molecule has 0 aliphatic carbocycles. The number of benzene rings is 1. The lowest BCUT2D eigenvalue weighted by Crippen LogP contribution is -2.34. The Balaban J connectivity index is 2.26. The van der Waals surface area contributed by atoms with Crippen LogP contribution in [0.15, 0.2) is 36.9 Å². The van der Waals surface area contributed by atoms with Crippen LogP contribution in [0.3, 0.4) is 0 Å². The van der Waals surface area contributed by atoms with Crippen LogP contribution in [0.5, 0.6) is 0 Å². The van der Waals surface area contributed by atoms with Crippen LogP contribution < -0.4 is 5.32 Å². The van der Waals surface area contributed by atoms with E-state index < -0.39 is 0 Å². The van der Waals surface area contributed by atoms with E-state index >= 15 is 0 Å². The minimum absolute atomic E-state index is 0.00864. The van der Waals surface area contributed by atoms with Gasteiger partial charge < -0.3 is 10.2 Å². The summed E-state index contributed by atoms with van der Waals surface area (Å²) < 4.78 is 0. The molecule has 1 fully saturated rings. The first-order chi connectivity index (χ1) is 9.54. The van der Waals surface area contributed by atoms with Crippen LogP contribution >= 0.6 is 0 Å². The number of carbonyl (C=O) groups excluding carboxylic acids is 2. The van der Waals surface area contributed by atoms with Crippen LogP contribution in [-0.4, -0.2) is 30.3 Å². The molecule has 0 spiro atoms. The fourth-order valence-electron chi connectivity index (χ4n) is 2.63. The predicted octanol–water partition coefficient (Wildman–Crippen LogP) is 1.82. The SMILES string of the molecule is C=CCNC(=O)C1CC(=O)N(C)C1c1ccc(C)cc1. The van der Waals surface area contributed by atoms with Crippen LogP contribution in [0, 0.1) is 12.8 Å². The zero-order valence-corrected chi connectivity index (χ0v) is 11.9. The highest BCUT2D eigenvalue weighted by molar-refractivity contribution is 5.90. The second kappa shape index (κ2) is 5.90. The minimum atomic E-state index is -0.338. The molecule has 0 radical (unpaired) electrons. The van der Waals surface area contributed by atoms with Crippen molar-refractivity contribution in [2.45, 2.75) is 19.4 Å². The van der Waals surface area contributed by atoms with E-state index in [2.05, 4.69) is 11.9 Å². The molecule has 106 valence electrons. The number of nitrogens with zero attached hydrogens (tertiary/aromatic N) is 1. The standard InChI is InChI=1S/C16H20N2O2/c1-4-9-17-16(20)13-10-14(19)18(3)15(13)12-7-5-11(2)6-8-12/h4-8,13,15H,1,9-10H2,2-3H3,(H,17,20). The maximum Gasteiger partial charge on any atom is 0.226 e. The molecule has 1 heterocycles. The summed E-state index contributed by atoms with van der Waals surface area (Å²) in [5.74, 6) is -0.419. The predicted molar refractivity (Wildman–Crippen MR) is 78.0 cm³/mol. The number of nitrogens with one attached hydrogen (secondary N) is 1. The summed E-state index contributed by atoms with van der Waals surface area (Å²) in [6, 6.07) is 7.80. The molecule has 1 aliphatic rings. The van der Waals surface area contributed by atoms with E-state index in [-0.39, 0.29) is 30.2 Å². The Kier molecular flexibility index (Phi) is 4.23. The fraction of sp³-hybridized carbons (Fsp3) is 0.375. The molecular formula is C16H20N2O2. The first kappa shape index (κ1) is 14.3. The zero-order chi connectivity index (χ0) is 14.7. The van der Waals surface area contributed by atoms with E-state index in [0.717, 1.165) is 11.1 Å². The van der Waals surface area contributed by atoms with Crippen LogP contribution in [0.4, 0.5) is 0 Å². The molecule has 0 bridgehead atoms. The number of likely N-dealkylation sites (tertiary alicyclic amines) is 1. The van der Waals surface area contributed by atoms with E-state index in [1.165, 1.54) is 0 Å². The molecule has 20 heavy (non-hydrogen) atoms. The maximum atomic E-state index is 12.2. The molecule has 4 heteroatoms. The topological polar surface area (TPSA) is 49.4 Å². The molecule has 1 aliphatic heterocycles. The van der Waals surface area contributed by atoms with Gasteiger partial charge in [-0.3, -0.25) is 9.59 Å². The first-order valence-corrected chi connectivity index (χ1v) is 6.75. The quantitative estimate of drug-likeness (QED) is 0.850. The third kappa shape index (κ3) is 2.74. The van der Waals surface area contributed by atoms with Gasteiger partial charge in [0, 0.05) is 20.0 Å². The van der Waals surface area contributed by atoms with E-state index in [1.807, 2.05) is 31.2 Å². The van der Waals surface area contributed by atoms with Crippen molar-refractivity contribution in [1.29, 1.82) is 0 Å². The van der Waals surface area contributed by atoms with Gasteiger partial charge in [0.25, 0.3) is 0 Å². The van der Waals surface area contributed by atoms with Crippen molar-refractivity contribution in [2.24, 2.45) is 5.92 Å². The smallest absolute Gasteiger partial charge is 0.226 e. The summed E-state index contributed by atoms with van der Waals surface area (Å²) in [6.07, 6.45) is 1.90. The summed E-state index contributed by atoms with van der Waals surface area (Å²) in [4.78, 5) is 25.8. The lowest BCUT2D eigenvalue weighted by Gasteiger charge is -2.25.